The SMILES string of the molecule is Cc1c(NC(=O)C(C)C)cccc1[N+](=O)[O-]. The van der Waals surface area contributed by atoms with Crippen LogP contribution in [0.4, 0.5) is 11.4 Å². The van der Waals surface area contributed by atoms with Crippen molar-refractivity contribution in [3.8, 4) is 0 Å². The number of nitrogens with one attached hydrogen (secondary N) is 1. The summed E-state index contributed by atoms with van der Waals surface area (Å²) in [5.74, 6) is -0.303. The summed E-state index contributed by atoms with van der Waals surface area (Å²) in [6.07, 6.45) is 0. The van der Waals surface area contributed by atoms with Gasteiger partial charge in [0.2, 0.25) is 5.91 Å². The molecule has 0 unspecified atom stereocenters. The number of anilines is 1. The van der Waals surface area contributed by atoms with E-state index in [0.717, 1.165) is 0 Å². The smallest absolute Gasteiger partial charge is 0.274 e. The van der Waals surface area contributed by atoms with Crippen LogP contribution in [0.25, 0.3) is 0 Å². The summed E-state index contributed by atoms with van der Waals surface area (Å²) in [7, 11) is 0. The molecule has 0 aromatic heterocycles. The van der Waals surface area contributed by atoms with Crippen molar-refractivity contribution in [2.45, 2.75) is 20.8 Å². The molecule has 5 heteroatoms. The molecule has 0 aliphatic heterocycles. The molecule has 0 radical (unpaired) electrons. The second-order valence-electron chi connectivity index (χ2n) is 3.85. The number of amides is 1. The number of carbonyl (C=O) groups is 1. The lowest BCUT2D eigenvalue weighted by molar-refractivity contribution is -0.385. The van der Waals surface area contributed by atoms with Gasteiger partial charge in [0, 0.05) is 12.0 Å². The van der Waals surface area contributed by atoms with E-state index in [1.165, 1.54) is 6.07 Å². The third kappa shape index (κ3) is 2.56. The number of hydrogen-bond donors (Lipinski definition) is 1. The molecule has 0 fully saturated rings. The number of carbonyl (C=O) groups excluding carboxylic acids is 1. The lowest BCUT2D eigenvalue weighted by Gasteiger charge is -2.10. The van der Waals surface area contributed by atoms with Gasteiger partial charge in [0.05, 0.1) is 16.2 Å². The van der Waals surface area contributed by atoms with Crippen molar-refractivity contribution in [2.24, 2.45) is 5.92 Å². The van der Waals surface area contributed by atoms with Crippen LogP contribution in [0.15, 0.2) is 18.2 Å². The van der Waals surface area contributed by atoms with Gasteiger partial charge in [0.25, 0.3) is 5.69 Å². The summed E-state index contributed by atoms with van der Waals surface area (Å²) in [6.45, 7) is 5.15. The molecular formula is C11H14N2O3. The minimum absolute atomic E-state index is 0.0153. The lowest BCUT2D eigenvalue weighted by Crippen LogP contribution is -2.18. The van der Waals surface area contributed by atoms with Crippen molar-refractivity contribution in [1.29, 1.82) is 0 Å². The molecule has 1 aromatic carbocycles. The van der Waals surface area contributed by atoms with Crippen molar-refractivity contribution in [2.75, 3.05) is 5.32 Å². The van der Waals surface area contributed by atoms with Crippen molar-refractivity contribution in [3.63, 3.8) is 0 Å². The fourth-order valence-electron chi connectivity index (χ4n) is 1.23. The Balaban J connectivity index is 3.02. The van der Waals surface area contributed by atoms with Crippen LogP contribution in [0, 0.1) is 23.0 Å². The van der Waals surface area contributed by atoms with Gasteiger partial charge in [-0.25, -0.2) is 0 Å². The maximum Gasteiger partial charge on any atom is 0.274 e. The van der Waals surface area contributed by atoms with E-state index in [0.29, 0.717) is 11.3 Å². The van der Waals surface area contributed by atoms with E-state index in [2.05, 4.69) is 5.32 Å². The largest absolute Gasteiger partial charge is 0.325 e. The minimum atomic E-state index is -0.458. The molecule has 0 bridgehead atoms. The Morgan fingerprint density at radius 1 is 1.44 bits per heavy atom. The minimum Gasteiger partial charge on any atom is -0.325 e. The van der Waals surface area contributed by atoms with Gasteiger partial charge in [-0.05, 0) is 13.0 Å². The third-order valence-electron chi connectivity index (χ3n) is 2.28. The third-order valence-corrected chi connectivity index (χ3v) is 2.28. The summed E-state index contributed by atoms with van der Waals surface area (Å²) < 4.78 is 0. The Morgan fingerprint density at radius 2 is 2.06 bits per heavy atom. The highest BCUT2D eigenvalue weighted by atomic mass is 16.6. The van der Waals surface area contributed by atoms with Crippen LogP contribution >= 0.6 is 0 Å². The summed E-state index contributed by atoms with van der Waals surface area (Å²) >= 11 is 0. The molecule has 1 rings (SSSR count). The Labute approximate surface area is 93.6 Å². The summed E-state index contributed by atoms with van der Waals surface area (Å²) in [5, 5.41) is 13.3. The molecule has 0 atom stereocenters. The number of nitro benzene ring substituents is 1. The lowest BCUT2D eigenvalue weighted by atomic mass is 10.1. The number of rotatable bonds is 3. The second-order valence-corrected chi connectivity index (χ2v) is 3.85. The van der Waals surface area contributed by atoms with Gasteiger partial charge in [0.1, 0.15) is 0 Å². The highest BCUT2D eigenvalue weighted by Crippen LogP contribution is 2.25. The van der Waals surface area contributed by atoms with E-state index in [4.69, 9.17) is 0 Å². The van der Waals surface area contributed by atoms with Gasteiger partial charge in [0.15, 0.2) is 0 Å². The number of hydrogen-bond acceptors (Lipinski definition) is 3. The molecule has 0 heterocycles. The van der Waals surface area contributed by atoms with Crippen molar-refractivity contribution >= 4 is 17.3 Å². The van der Waals surface area contributed by atoms with E-state index in [1.54, 1.807) is 32.9 Å². The van der Waals surface area contributed by atoms with Gasteiger partial charge >= 0.3 is 0 Å². The Bertz CT molecular complexity index is 427. The number of nitro groups is 1. The van der Waals surface area contributed by atoms with Crippen LogP contribution in [0.2, 0.25) is 0 Å². The van der Waals surface area contributed by atoms with E-state index < -0.39 is 4.92 Å². The summed E-state index contributed by atoms with van der Waals surface area (Å²) in [4.78, 5) is 21.7. The first kappa shape index (κ1) is 12.2. The zero-order valence-electron chi connectivity index (χ0n) is 9.48. The van der Waals surface area contributed by atoms with Gasteiger partial charge < -0.3 is 5.32 Å². The Morgan fingerprint density at radius 3 is 2.56 bits per heavy atom. The molecular weight excluding hydrogens is 208 g/mol. The van der Waals surface area contributed by atoms with Crippen molar-refractivity contribution in [1.82, 2.24) is 0 Å². The highest BCUT2D eigenvalue weighted by molar-refractivity contribution is 5.93. The topological polar surface area (TPSA) is 72.2 Å². The van der Waals surface area contributed by atoms with Crippen LogP contribution in [-0.4, -0.2) is 10.8 Å². The first-order chi connectivity index (χ1) is 7.43. The molecule has 86 valence electrons. The zero-order chi connectivity index (χ0) is 12.3. The van der Waals surface area contributed by atoms with Crippen LogP contribution in [-0.2, 0) is 4.79 Å². The molecule has 0 aliphatic carbocycles. The summed E-state index contributed by atoms with van der Waals surface area (Å²) in [6, 6.07) is 4.63. The fourth-order valence-corrected chi connectivity index (χ4v) is 1.23. The van der Waals surface area contributed by atoms with Gasteiger partial charge in [-0.1, -0.05) is 19.9 Å². The average Bonchev–Trinajstić information content (AvgIpc) is 2.20. The molecule has 1 N–H and O–H groups in total. The van der Waals surface area contributed by atoms with Crippen molar-refractivity contribution < 1.29 is 9.72 Å². The average molecular weight is 222 g/mol. The van der Waals surface area contributed by atoms with Crippen LogP contribution < -0.4 is 5.32 Å². The Hall–Kier alpha value is -1.91. The maximum atomic E-state index is 11.5. The first-order valence-electron chi connectivity index (χ1n) is 4.98. The van der Waals surface area contributed by atoms with E-state index >= 15 is 0 Å². The van der Waals surface area contributed by atoms with E-state index in [9.17, 15) is 14.9 Å². The van der Waals surface area contributed by atoms with E-state index in [1.807, 2.05) is 0 Å². The standard InChI is InChI=1S/C11H14N2O3/c1-7(2)11(14)12-9-5-4-6-10(8(9)3)13(15)16/h4-7H,1-3H3,(H,12,14). The maximum absolute atomic E-state index is 11.5. The molecule has 0 saturated carbocycles. The number of benzene rings is 1. The van der Waals surface area contributed by atoms with Crippen molar-refractivity contribution in [3.05, 3.63) is 33.9 Å². The monoisotopic (exact) mass is 222 g/mol. The molecule has 0 saturated heterocycles. The quantitative estimate of drug-likeness (QED) is 0.630. The van der Waals surface area contributed by atoms with Gasteiger partial charge in [-0.3, -0.25) is 14.9 Å². The Kier molecular flexibility index (Phi) is 3.60. The first-order valence-corrected chi connectivity index (χ1v) is 4.98. The zero-order valence-corrected chi connectivity index (χ0v) is 9.48. The van der Waals surface area contributed by atoms with Crippen LogP contribution in [0.1, 0.15) is 19.4 Å². The highest BCUT2D eigenvalue weighted by Gasteiger charge is 2.15. The molecule has 0 aliphatic rings. The van der Waals surface area contributed by atoms with Crippen LogP contribution in [0.3, 0.4) is 0 Å². The normalized spacial score (nSPS) is 10.2. The fraction of sp³-hybridized carbons (Fsp3) is 0.364. The summed E-state index contributed by atoms with van der Waals surface area (Å²) in [5.41, 5.74) is 0.982. The van der Waals surface area contributed by atoms with Gasteiger partial charge in [-0.15, -0.1) is 0 Å². The molecule has 5 nitrogen and oxygen atoms in total. The number of nitrogens with zero attached hydrogens (tertiary/aromatic N) is 1. The molecule has 0 spiro atoms. The van der Waals surface area contributed by atoms with Crippen LogP contribution in [0.5, 0.6) is 0 Å². The predicted molar refractivity (Wildman–Crippen MR) is 61.3 cm³/mol. The second kappa shape index (κ2) is 4.74. The molecule has 1 aromatic rings. The van der Waals surface area contributed by atoms with E-state index in [-0.39, 0.29) is 17.5 Å². The molecule has 1 amide bonds. The molecule has 16 heavy (non-hydrogen) atoms. The van der Waals surface area contributed by atoms with Gasteiger partial charge in [-0.2, -0.15) is 0 Å². The predicted octanol–water partition coefficient (Wildman–Crippen LogP) is 2.50.